The number of alkyl carbamates (subject to hydrolysis) is 1. The second kappa shape index (κ2) is 11.0. The number of likely N-dealkylation sites (N-methyl/N-ethyl adjacent to an activating group) is 1. The summed E-state index contributed by atoms with van der Waals surface area (Å²) in [6.07, 6.45) is -1.11. The molecule has 0 saturated carbocycles. The van der Waals surface area contributed by atoms with Crippen LogP contribution in [-0.4, -0.2) is 67.9 Å². The Hall–Kier alpha value is -3.39. The Balaban J connectivity index is 1.49. The van der Waals surface area contributed by atoms with Gasteiger partial charge in [0.25, 0.3) is 5.91 Å². The van der Waals surface area contributed by atoms with Crippen molar-refractivity contribution in [2.45, 2.75) is 25.4 Å². The number of aliphatic carboxylic acids is 1. The topological polar surface area (TPSA) is 105 Å². The number of nitrogens with zero attached hydrogens (tertiary/aromatic N) is 1. The molecule has 3 rings (SSSR count). The molecule has 2 aromatic carbocycles. The van der Waals surface area contributed by atoms with E-state index >= 15 is 0 Å². The van der Waals surface area contributed by atoms with Gasteiger partial charge in [-0.1, -0.05) is 55.5 Å². The highest BCUT2D eigenvalue weighted by Gasteiger charge is 2.29. The molecule has 0 heterocycles. The van der Waals surface area contributed by atoms with Gasteiger partial charge in [0.2, 0.25) is 0 Å². The minimum Gasteiger partial charge on any atom is -0.481 e. The van der Waals surface area contributed by atoms with Crippen LogP contribution >= 0.6 is 0 Å². The van der Waals surface area contributed by atoms with Crippen molar-refractivity contribution >= 4 is 18.0 Å². The molecule has 1 aliphatic rings. The van der Waals surface area contributed by atoms with Crippen LogP contribution in [0.25, 0.3) is 11.1 Å². The number of carboxylic acids is 1. The Kier molecular flexibility index (Phi) is 8.06. The third kappa shape index (κ3) is 5.70. The van der Waals surface area contributed by atoms with Crippen LogP contribution in [0.4, 0.5) is 4.79 Å². The highest BCUT2D eigenvalue weighted by atomic mass is 16.5. The van der Waals surface area contributed by atoms with Crippen LogP contribution in [0.3, 0.4) is 0 Å². The van der Waals surface area contributed by atoms with Gasteiger partial charge in [0, 0.05) is 39.6 Å². The number of methoxy groups -OCH3 is 1. The molecule has 176 valence electrons. The minimum absolute atomic E-state index is 0.0266. The van der Waals surface area contributed by atoms with Crippen molar-refractivity contribution in [3.05, 3.63) is 59.7 Å². The number of hydrogen-bond donors (Lipinski definition) is 2. The van der Waals surface area contributed by atoms with Gasteiger partial charge in [0.1, 0.15) is 12.7 Å². The summed E-state index contributed by atoms with van der Waals surface area (Å²) >= 11 is 0. The summed E-state index contributed by atoms with van der Waals surface area (Å²) in [7, 11) is 2.94. The molecule has 2 atom stereocenters. The van der Waals surface area contributed by atoms with E-state index in [1.54, 1.807) is 0 Å². The summed E-state index contributed by atoms with van der Waals surface area (Å²) in [4.78, 5) is 37.1. The highest BCUT2D eigenvalue weighted by Crippen LogP contribution is 2.44. The third-order valence-electron chi connectivity index (χ3n) is 5.93. The van der Waals surface area contributed by atoms with Crippen LogP contribution in [0.2, 0.25) is 0 Å². The van der Waals surface area contributed by atoms with E-state index in [0.29, 0.717) is 0 Å². The van der Waals surface area contributed by atoms with E-state index < -0.39 is 24.1 Å². The number of amides is 2. The van der Waals surface area contributed by atoms with Gasteiger partial charge < -0.3 is 24.8 Å². The average molecular weight is 455 g/mol. The maximum Gasteiger partial charge on any atom is 0.407 e. The summed E-state index contributed by atoms with van der Waals surface area (Å²) in [6.45, 7) is 2.01. The average Bonchev–Trinajstić information content (AvgIpc) is 3.13. The van der Waals surface area contributed by atoms with Gasteiger partial charge in [0.15, 0.2) is 0 Å². The Morgan fingerprint density at radius 1 is 1.06 bits per heavy atom. The number of carboxylic acid groups (broad SMARTS) is 1. The molecule has 0 aliphatic heterocycles. The molecule has 1 aliphatic carbocycles. The van der Waals surface area contributed by atoms with Gasteiger partial charge >= 0.3 is 12.1 Å². The monoisotopic (exact) mass is 454 g/mol. The number of hydrogen-bond acceptors (Lipinski definition) is 5. The van der Waals surface area contributed by atoms with Crippen molar-refractivity contribution in [1.29, 1.82) is 0 Å². The molecule has 2 amide bonds. The Bertz CT molecular complexity index is 962. The summed E-state index contributed by atoms with van der Waals surface area (Å²) in [5.41, 5.74) is 4.58. The van der Waals surface area contributed by atoms with E-state index in [4.69, 9.17) is 14.6 Å². The molecule has 33 heavy (non-hydrogen) atoms. The standard InChI is InChI=1S/C25H30N2O6/c1-16(24(29)30)14-27(2)23(28)22(32-3)12-13-26-25(31)33-15-21-19-10-6-4-8-17(19)18-9-5-7-11-20(18)21/h4-11,16,21-22H,12-15H2,1-3H3,(H,26,31)(H,29,30). The lowest BCUT2D eigenvalue weighted by molar-refractivity contribution is -0.145. The molecule has 0 fully saturated rings. The molecule has 0 radical (unpaired) electrons. The summed E-state index contributed by atoms with van der Waals surface area (Å²) in [6, 6.07) is 16.2. The van der Waals surface area contributed by atoms with E-state index in [1.165, 1.54) is 26.0 Å². The third-order valence-corrected chi connectivity index (χ3v) is 5.93. The van der Waals surface area contributed by atoms with Crippen LogP contribution in [0.15, 0.2) is 48.5 Å². The Morgan fingerprint density at radius 2 is 1.64 bits per heavy atom. The first-order valence-corrected chi connectivity index (χ1v) is 10.9. The van der Waals surface area contributed by atoms with Crippen LogP contribution in [0.1, 0.15) is 30.4 Å². The molecule has 2 N–H and O–H groups in total. The number of fused-ring (bicyclic) bond motifs is 3. The van der Waals surface area contributed by atoms with E-state index in [2.05, 4.69) is 29.6 Å². The molecular formula is C25H30N2O6. The fraction of sp³-hybridized carbons (Fsp3) is 0.400. The number of rotatable bonds is 10. The van der Waals surface area contributed by atoms with Gasteiger partial charge in [-0.15, -0.1) is 0 Å². The highest BCUT2D eigenvalue weighted by molar-refractivity contribution is 5.81. The SMILES string of the molecule is COC(CCNC(=O)OCC1c2ccccc2-c2ccccc21)C(=O)N(C)CC(C)C(=O)O. The van der Waals surface area contributed by atoms with Gasteiger partial charge in [0.05, 0.1) is 5.92 Å². The lowest BCUT2D eigenvalue weighted by Gasteiger charge is -2.24. The maximum absolute atomic E-state index is 12.5. The second-order valence-corrected chi connectivity index (χ2v) is 8.22. The van der Waals surface area contributed by atoms with Crippen molar-refractivity contribution in [2.75, 3.05) is 33.9 Å². The molecule has 2 aromatic rings. The normalized spacial score (nSPS) is 14.0. The second-order valence-electron chi connectivity index (χ2n) is 8.22. The van der Waals surface area contributed by atoms with E-state index in [0.717, 1.165) is 22.3 Å². The van der Waals surface area contributed by atoms with Gasteiger partial charge in [-0.3, -0.25) is 9.59 Å². The van der Waals surface area contributed by atoms with Crippen molar-refractivity contribution in [2.24, 2.45) is 5.92 Å². The van der Waals surface area contributed by atoms with Crippen LogP contribution < -0.4 is 5.32 Å². The maximum atomic E-state index is 12.5. The molecule has 0 bridgehead atoms. The molecule has 0 spiro atoms. The zero-order valence-corrected chi connectivity index (χ0v) is 19.1. The summed E-state index contributed by atoms with van der Waals surface area (Å²) in [5.74, 6) is -2.02. The van der Waals surface area contributed by atoms with Crippen molar-refractivity contribution in [3.8, 4) is 11.1 Å². The van der Waals surface area contributed by atoms with Crippen LogP contribution in [0.5, 0.6) is 0 Å². The number of ether oxygens (including phenoxy) is 2. The molecule has 0 aromatic heterocycles. The smallest absolute Gasteiger partial charge is 0.407 e. The largest absolute Gasteiger partial charge is 0.481 e. The fourth-order valence-corrected chi connectivity index (χ4v) is 4.12. The minimum atomic E-state index is -0.972. The Morgan fingerprint density at radius 3 is 2.18 bits per heavy atom. The first-order chi connectivity index (χ1) is 15.8. The first-order valence-electron chi connectivity index (χ1n) is 10.9. The predicted octanol–water partition coefficient (Wildman–Crippen LogP) is 3.11. The molecule has 0 saturated heterocycles. The number of carbonyl (C=O) groups is 3. The van der Waals surface area contributed by atoms with Crippen molar-refractivity contribution in [3.63, 3.8) is 0 Å². The molecule has 8 heteroatoms. The number of nitrogens with one attached hydrogen (secondary N) is 1. The molecule has 8 nitrogen and oxygen atoms in total. The number of benzene rings is 2. The zero-order chi connectivity index (χ0) is 24.0. The predicted molar refractivity (Wildman–Crippen MR) is 123 cm³/mol. The van der Waals surface area contributed by atoms with Crippen LogP contribution in [0, 0.1) is 5.92 Å². The number of carbonyl (C=O) groups excluding carboxylic acids is 2. The van der Waals surface area contributed by atoms with Crippen molar-refractivity contribution in [1.82, 2.24) is 10.2 Å². The van der Waals surface area contributed by atoms with E-state index in [-0.39, 0.29) is 37.9 Å². The lowest BCUT2D eigenvalue weighted by Crippen LogP contribution is -2.42. The van der Waals surface area contributed by atoms with E-state index in [1.807, 2.05) is 24.3 Å². The van der Waals surface area contributed by atoms with Crippen LogP contribution in [-0.2, 0) is 19.1 Å². The van der Waals surface area contributed by atoms with Crippen molar-refractivity contribution < 1.29 is 29.0 Å². The molecule has 2 unspecified atom stereocenters. The Labute approximate surface area is 193 Å². The summed E-state index contributed by atoms with van der Waals surface area (Å²) < 4.78 is 10.7. The zero-order valence-electron chi connectivity index (χ0n) is 19.1. The first kappa shape index (κ1) is 24.3. The van der Waals surface area contributed by atoms with Gasteiger partial charge in [-0.2, -0.15) is 0 Å². The summed E-state index contributed by atoms with van der Waals surface area (Å²) in [5, 5.41) is 11.7. The lowest BCUT2D eigenvalue weighted by atomic mass is 9.98. The fourth-order valence-electron chi connectivity index (χ4n) is 4.12. The quantitative estimate of drug-likeness (QED) is 0.572. The van der Waals surface area contributed by atoms with E-state index in [9.17, 15) is 14.4 Å². The van der Waals surface area contributed by atoms with Gasteiger partial charge in [-0.05, 0) is 22.3 Å². The molecular weight excluding hydrogens is 424 g/mol. The van der Waals surface area contributed by atoms with Gasteiger partial charge in [-0.25, -0.2) is 4.79 Å².